The van der Waals surface area contributed by atoms with Gasteiger partial charge < -0.3 is 45.9 Å². The van der Waals surface area contributed by atoms with Crippen LogP contribution in [0.1, 0.15) is 85.1 Å². The van der Waals surface area contributed by atoms with Crippen molar-refractivity contribution < 1.29 is 48.1 Å². The molecule has 15 heteroatoms. The van der Waals surface area contributed by atoms with Crippen LogP contribution in [0.3, 0.4) is 0 Å². The van der Waals surface area contributed by atoms with Gasteiger partial charge in [-0.05, 0) is 113 Å². The summed E-state index contributed by atoms with van der Waals surface area (Å²) in [6.45, 7) is 7.21. The molecule has 1 unspecified atom stereocenters. The summed E-state index contributed by atoms with van der Waals surface area (Å²) in [5, 5.41) is 23.7. The summed E-state index contributed by atoms with van der Waals surface area (Å²) in [5.41, 5.74) is 6.18. The van der Waals surface area contributed by atoms with Gasteiger partial charge in [0.2, 0.25) is 11.8 Å². The van der Waals surface area contributed by atoms with Gasteiger partial charge in [-0.25, -0.2) is 9.59 Å². The van der Waals surface area contributed by atoms with E-state index in [-0.39, 0.29) is 58.7 Å². The van der Waals surface area contributed by atoms with E-state index in [1.807, 2.05) is 140 Å². The summed E-state index contributed by atoms with van der Waals surface area (Å²) >= 11 is 0. The minimum absolute atomic E-state index is 0.0186. The molecule has 0 heterocycles. The number of carbonyl (C=O) groups is 6. The maximum Gasteiger partial charge on any atom is 0.407 e. The lowest BCUT2D eigenvalue weighted by Crippen LogP contribution is -2.52. The second kappa shape index (κ2) is 24.8. The van der Waals surface area contributed by atoms with Gasteiger partial charge in [-0.3, -0.25) is 19.2 Å². The fourth-order valence-electron chi connectivity index (χ4n) is 9.72. The van der Waals surface area contributed by atoms with Gasteiger partial charge in [-0.1, -0.05) is 152 Å². The lowest BCUT2D eigenvalue weighted by Gasteiger charge is -2.37. The van der Waals surface area contributed by atoms with Gasteiger partial charge in [0.1, 0.15) is 24.8 Å². The normalized spacial score (nSPS) is 11.9. The molecule has 15 nitrogen and oxygen atoms in total. The summed E-state index contributed by atoms with van der Waals surface area (Å²) in [7, 11) is 0. The van der Waals surface area contributed by atoms with Crippen molar-refractivity contribution in [3.8, 4) is 22.6 Å². The van der Waals surface area contributed by atoms with Crippen molar-refractivity contribution in [1.82, 2.24) is 10.6 Å². The van der Waals surface area contributed by atoms with Crippen LogP contribution in [0.25, 0.3) is 11.1 Å². The number of amides is 5. The zero-order valence-corrected chi connectivity index (χ0v) is 43.8. The van der Waals surface area contributed by atoms with Crippen LogP contribution in [-0.2, 0) is 19.9 Å². The monoisotopic (exact) mass is 1070 g/mol. The molecule has 1 aliphatic rings. The average molecular weight is 1070 g/mol. The average Bonchev–Trinajstić information content (AvgIpc) is 3.86. The molecule has 0 saturated carbocycles. The molecule has 8 aromatic rings. The van der Waals surface area contributed by atoms with Crippen LogP contribution in [-0.4, -0.2) is 66.2 Å². The zero-order valence-electron chi connectivity index (χ0n) is 43.8. The van der Waals surface area contributed by atoms with Crippen LogP contribution in [0, 0.1) is 0 Å². The Labute approximate surface area is 462 Å². The molecule has 1 atom stereocenters. The van der Waals surface area contributed by atoms with E-state index in [9.17, 15) is 33.9 Å². The summed E-state index contributed by atoms with van der Waals surface area (Å²) in [5.74, 6) is -3.76. The van der Waals surface area contributed by atoms with Crippen molar-refractivity contribution in [2.24, 2.45) is 0 Å². The molecule has 0 radical (unpaired) electrons. The van der Waals surface area contributed by atoms with Crippen molar-refractivity contribution in [1.29, 1.82) is 0 Å². The highest BCUT2D eigenvalue weighted by Crippen LogP contribution is 2.45. The Kier molecular flexibility index (Phi) is 16.9. The van der Waals surface area contributed by atoms with Crippen LogP contribution in [0.2, 0.25) is 0 Å². The molecular weight excluding hydrogens is 1010 g/mol. The first kappa shape index (κ1) is 54.5. The first-order valence-corrected chi connectivity index (χ1v) is 25.9. The first-order valence-electron chi connectivity index (χ1n) is 25.9. The van der Waals surface area contributed by atoms with E-state index >= 15 is 0 Å². The molecule has 0 spiro atoms. The maximum absolute atomic E-state index is 14.8. The zero-order chi connectivity index (χ0) is 56.2. The number of carboxylic acids is 1. The molecule has 9 rings (SSSR count). The Morgan fingerprint density at radius 1 is 0.588 bits per heavy atom. The van der Waals surface area contributed by atoms with Crippen LogP contribution in [0.4, 0.5) is 21.9 Å². The highest BCUT2D eigenvalue weighted by atomic mass is 16.5. The SMILES string of the molecule is C=CCOc1c(C(=O)Nc2ccc(C(=O)O)cc2)ccc(NC(=O)c2ccc(NC(=O)C(CC(=O)NC(c3ccccc3)(c3ccccc3)c3ccccc3)NC(=O)OCC3c4ccccc4-c4ccccc43)cc2)c1OC(C)C. The Bertz CT molecular complexity index is 3410. The van der Waals surface area contributed by atoms with E-state index < -0.39 is 59.8 Å². The van der Waals surface area contributed by atoms with Crippen LogP contribution >= 0.6 is 0 Å². The first-order chi connectivity index (χ1) is 38.8. The summed E-state index contributed by atoms with van der Waals surface area (Å²) in [4.78, 5) is 82.3. The second-order valence-electron chi connectivity index (χ2n) is 19.1. The molecule has 5 amide bonds. The molecule has 0 saturated heterocycles. The fourth-order valence-corrected chi connectivity index (χ4v) is 9.72. The van der Waals surface area contributed by atoms with Gasteiger partial charge in [0.05, 0.1) is 29.3 Å². The van der Waals surface area contributed by atoms with Crippen LogP contribution in [0.15, 0.2) is 213 Å². The van der Waals surface area contributed by atoms with Crippen molar-refractivity contribution >= 4 is 52.8 Å². The van der Waals surface area contributed by atoms with Gasteiger partial charge in [-0.2, -0.15) is 0 Å². The number of carbonyl (C=O) groups excluding carboxylic acids is 5. The minimum Gasteiger partial charge on any atom is -0.485 e. The molecule has 6 N–H and O–H groups in total. The number of carboxylic acid groups (broad SMARTS) is 1. The number of hydrogen-bond acceptors (Lipinski definition) is 9. The number of nitrogens with one attached hydrogen (secondary N) is 5. The number of fused-ring (bicyclic) bond motifs is 3. The standard InChI is InChI=1S/C65H57N5O10/c1-4-38-78-58-53(61(73)66-47-34-30-43(31-35-47)63(75)76)36-37-55(59(58)80-41(2)3)68-60(72)42-28-32-48(33-29-42)67-62(74)56(69-64(77)79-40-54-51-26-16-14-24-49(51)50-25-15-17-27-52(50)54)39-57(71)70-65(44-18-8-5-9-19-44,45-20-10-6-11-21-45)46-22-12-7-13-23-46/h4-37,41,54,56H,1,38-40H2,2-3H3,(H,66,73)(H,67,74)(H,68,72)(H,69,77)(H,70,71)(H,75,76). The van der Waals surface area contributed by atoms with Crippen molar-refractivity contribution in [3.63, 3.8) is 0 Å². The largest absolute Gasteiger partial charge is 0.485 e. The molecular formula is C65H57N5O10. The summed E-state index contributed by atoms with van der Waals surface area (Å²) < 4.78 is 18.0. The van der Waals surface area contributed by atoms with Crippen molar-refractivity contribution in [3.05, 3.63) is 257 Å². The third kappa shape index (κ3) is 12.3. The molecule has 0 aliphatic heterocycles. The summed E-state index contributed by atoms with van der Waals surface area (Å²) in [6.07, 6.45) is -0.370. The third-order valence-electron chi connectivity index (χ3n) is 13.4. The Hall–Kier alpha value is -10.3. The Morgan fingerprint density at radius 3 is 1.62 bits per heavy atom. The third-order valence-corrected chi connectivity index (χ3v) is 13.4. The Balaban J connectivity index is 0.958. The van der Waals surface area contributed by atoms with Crippen molar-refractivity contribution in [2.75, 3.05) is 29.2 Å². The van der Waals surface area contributed by atoms with Gasteiger partial charge in [0.25, 0.3) is 11.8 Å². The van der Waals surface area contributed by atoms with E-state index in [1.165, 1.54) is 66.7 Å². The number of rotatable bonds is 21. The molecule has 402 valence electrons. The molecule has 8 aromatic carbocycles. The lowest BCUT2D eigenvalue weighted by molar-refractivity contribution is -0.126. The van der Waals surface area contributed by atoms with Gasteiger partial charge in [0.15, 0.2) is 11.5 Å². The molecule has 0 aromatic heterocycles. The second-order valence-corrected chi connectivity index (χ2v) is 19.1. The number of ether oxygens (including phenoxy) is 3. The number of hydrogen-bond donors (Lipinski definition) is 6. The minimum atomic E-state index is -1.46. The van der Waals surface area contributed by atoms with Crippen LogP contribution in [0.5, 0.6) is 11.5 Å². The molecule has 1 aliphatic carbocycles. The van der Waals surface area contributed by atoms with E-state index in [4.69, 9.17) is 14.2 Å². The van der Waals surface area contributed by atoms with Gasteiger partial charge in [-0.15, -0.1) is 0 Å². The fraction of sp³-hybridized carbons (Fsp3) is 0.138. The van der Waals surface area contributed by atoms with E-state index in [2.05, 4.69) is 33.2 Å². The number of aromatic carboxylic acids is 1. The van der Waals surface area contributed by atoms with E-state index in [0.717, 1.165) is 38.9 Å². The molecule has 0 bridgehead atoms. The highest BCUT2D eigenvalue weighted by molar-refractivity contribution is 6.10. The van der Waals surface area contributed by atoms with E-state index in [1.54, 1.807) is 13.8 Å². The Morgan fingerprint density at radius 2 is 1.10 bits per heavy atom. The highest BCUT2D eigenvalue weighted by Gasteiger charge is 2.39. The number of benzene rings is 8. The topological polar surface area (TPSA) is 210 Å². The number of alkyl carbamates (subject to hydrolysis) is 1. The quantitative estimate of drug-likeness (QED) is 0.0296. The van der Waals surface area contributed by atoms with Crippen LogP contribution < -0.4 is 36.1 Å². The predicted octanol–water partition coefficient (Wildman–Crippen LogP) is 11.6. The smallest absolute Gasteiger partial charge is 0.407 e. The summed E-state index contributed by atoms with van der Waals surface area (Å²) in [6, 6.07) is 57.4. The maximum atomic E-state index is 14.8. The van der Waals surface area contributed by atoms with E-state index in [0.29, 0.717) is 5.69 Å². The predicted molar refractivity (Wildman–Crippen MR) is 306 cm³/mol. The van der Waals surface area contributed by atoms with Gasteiger partial charge >= 0.3 is 12.1 Å². The van der Waals surface area contributed by atoms with Gasteiger partial charge in [0, 0.05) is 22.9 Å². The molecule has 0 fully saturated rings. The lowest BCUT2D eigenvalue weighted by atomic mass is 9.77. The molecule has 80 heavy (non-hydrogen) atoms. The number of anilines is 3. The van der Waals surface area contributed by atoms with Crippen molar-refractivity contribution in [2.45, 2.75) is 43.9 Å².